The van der Waals surface area contributed by atoms with E-state index in [4.69, 9.17) is 27.9 Å². The molecule has 6 nitrogen and oxygen atoms in total. The number of ether oxygens (including phenoxy) is 1. The van der Waals surface area contributed by atoms with Gasteiger partial charge in [0.1, 0.15) is 12.2 Å². The molecule has 0 saturated heterocycles. The van der Waals surface area contributed by atoms with Crippen molar-refractivity contribution in [2.45, 2.75) is 30.5 Å². The van der Waals surface area contributed by atoms with Gasteiger partial charge in [-0.1, -0.05) is 47.5 Å². The Hall–Kier alpha value is -2.91. The molecular formula is C24H25Cl2F3N2O4. The van der Waals surface area contributed by atoms with Gasteiger partial charge < -0.3 is 20.1 Å². The number of rotatable bonds is 10. The second kappa shape index (κ2) is 11.7. The lowest BCUT2D eigenvalue weighted by atomic mass is 9.68. The maximum absolute atomic E-state index is 12.9. The van der Waals surface area contributed by atoms with Gasteiger partial charge >= 0.3 is 12.3 Å². The van der Waals surface area contributed by atoms with Crippen LogP contribution in [0.4, 0.5) is 18.0 Å². The number of alkyl halides is 3. The SMILES string of the molecule is C=CC[C@@](CN(C)C(=O)CC(F)(F)F)(c1ccc(Cl)c(Cl)c1)C(NC(=O)O)c1ccc(OC)cc1. The van der Waals surface area contributed by atoms with Gasteiger partial charge in [-0.2, -0.15) is 13.2 Å². The fourth-order valence-electron chi connectivity index (χ4n) is 3.99. The van der Waals surface area contributed by atoms with Gasteiger partial charge in [-0.15, -0.1) is 6.58 Å². The van der Waals surface area contributed by atoms with Gasteiger partial charge in [-0.3, -0.25) is 4.79 Å². The number of halogens is 5. The third kappa shape index (κ3) is 7.29. The number of nitrogens with one attached hydrogen (secondary N) is 1. The highest BCUT2D eigenvalue weighted by molar-refractivity contribution is 6.42. The number of amides is 2. The molecule has 2 aromatic carbocycles. The Balaban J connectivity index is 2.75. The van der Waals surface area contributed by atoms with Gasteiger partial charge in [0.05, 0.1) is 23.2 Å². The summed E-state index contributed by atoms with van der Waals surface area (Å²) >= 11 is 12.3. The lowest BCUT2D eigenvalue weighted by Crippen LogP contribution is -2.51. The minimum Gasteiger partial charge on any atom is -0.497 e. The van der Waals surface area contributed by atoms with Crippen molar-refractivity contribution in [1.82, 2.24) is 10.2 Å². The van der Waals surface area contributed by atoms with Crippen LogP contribution in [-0.4, -0.2) is 48.9 Å². The maximum atomic E-state index is 12.9. The van der Waals surface area contributed by atoms with Crippen LogP contribution in [0.3, 0.4) is 0 Å². The molecule has 0 bridgehead atoms. The van der Waals surface area contributed by atoms with E-state index in [2.05, 4.69) is 11.9 Å². The lowest BCUT2D eigenvalue weighted by molar-refractivity contribution is -0.161. The van der Waals surface area contributed by atoms with Crippen LogP contribution in [0.1, 0.15) is 30.0 Å². The van der Waals surface area contributed by atoms with Crippen LogP contribution in [0.15, 0.2) is 55.1 Å². The first-order valence-electron chi connectivity index (χ1n) is 10.3. The van der Waals surface area contributed by atoms with E-state index >= 15 is 0 Å². The Morgan fingerprint density at radius 1 is 1.17 bits per heavy atom. The van der Waals surface area contributed by atoms with Crippen LogP contribution in [0.2, 0.25) is 10.0 Å². The molecule has 2 amide bonds. The molecule has 2 atom stereocenters. The number of methoxy groups -OCH3 is 1. The average molecular weight is 533 g/mol. The highest BCUT2D eigenvalue weighted by atomic mass is 35.5. The van der Waals surface area contributed by atoms with Crippen LogP contribution in [-0.2, 0) is 10.2 Å². The van der Waals surface area contributed by atoms with Crippen molar-refractivity contribution >= 4 is 35.2 Å². The van der Waals surface area contributed by atoms with Crippen molar-refractivity contribution < 1.29 is 32.6 Å². The molecule has 0 fully saturated rings. The lowest BCUT2D eigenvalue weighted by Gasteiger charge is -2.43. The molecule has 0 aliphatic carbocycles. The van der Waals surface area contributed by atoms with E-state index < -0.39 is 36.1 Å². The van der Waals surface area contributed by atoms with Gasteiger partial charge in [0.2, 0.25) is 5.91 Å². The zero-order valence-electron chi connectivity index (χ0n) is 19.0. The molecule has 0 radical (unpaired) electrons. The van der Waals surface area contributed by atoms with Gasteiger partial charge in [0, 0.05) is 19.0 Å². The van der Waals surface area contributed by atoms with Gasteiger partial charge in [-0.25, -0.2) is 4.79 Å². The number of carboxylic acid groups (broad SMARTS) is 1. The number of hydrogen-bond acceptors (Lipinski definition) is 3. The van der Waals surface area contributed by atoms with E-state index in [0.29, 0.717) is 16.9 Å². The molecule has 2 aromatic rings. The topological polar surface area (TPSA) is 78.9 Å². The van der Waals surface area contributed by atoms with Crippen molar-refractivity contribution in [3.63, 3.8) is 0 Å². The third-order valence-electron chi connectivity index (χ3n) is 5.57. The standard InChI is InChI=1S/C24H25Cl2F3N2O4/c1-4-11-23(16-7-10-18(25)19(26)12-16,14-31(2)20(32)13-24(27,28)29)21(30-22(33)34)15-5-8-17(35-3)9-6-15/h4-10,12,21,30H,1,11,13-14H2,2-3H3,(H,33,34)/t21?,23-/m1/s1. The minimum absolute atomic E-state index is 0.0750. The summed E-state index contributed by atoms with van der Waals surface area (Å²) in [6.07, 6.45) is -6.15. The number of carbonyl (C=O) groups excluding carboxylic acids is 1. The van der Waals surface area contributed by atoms with E-state index in [9.17, 15) is 27.9 Å². The smallest absolute Gasteiger partial charge is 0.405 e. The van der Waals surface area contributed by atoms with E-state index in [0.717, 1.165) is 4.90 Å². The molecule has 35 heavy (non-hydrogen) atoms. The number of nitrogens with zero attached hydrogens (tertiary/aromatic N) is 1. The van der Waals surface area contributed by atoms with Crippen LogP contribution in [0.25, 0.3) is 0 Å². The summed E-state index contributed by atoms with van der Waals surface area (Å²) in [6.45, 7) is 3.48. The number of allylic oxidation sites excluding steroid dienone is 1. The van der Waals surface area contributed by atoms with Crippen molar-refractivity contribution in [2.75, 3.05) is 20.7 Å². The van der Waals surface area contributed by atoms with Crippen molar-refractivity contribution in [3.8, 4) is 5.75 Å². The zero-order chi connectivity index (χ0) is 26.4. The molecule has 2 N–H and O–H groups in total. The molecular weight excluding hydrogens is 508 g/mol. The highest BCUT2D eigenvalue weighted by Crippen LogP contribution is 2.44. The van der Waals surface area contributed by atoms with Crippen molar-refractivity contribution in [3.05, 3.63) is 76.3 Å². The summed E-state index contributed by atoms with van der Waals surface area (Å²) in [4.78, 5) is 25.2. The van der Waals surface area contributed by atoms with Crippen molar-refractivity contribution in [2.24, 2.45) is 0 Å². The summed E-state index contributed by atoms with van der Waals surface area (Å²) in [5.41, 5.74) is -0.371. The van der Waals surface area contributed by atoms with E-state index in [1.165, 1.54) is 32.4 Å². The van der Waals surface area contributed by atoms with Crippen LogP contribution in [0.5, 0.6) is 5.75 Å². The first-order chi connectivity index (χ1) is 16.3. The zero-order valence-corrected chi connectivity index (χ0v) is 20.5. The molecule has 11 heteroatoms. The molecule has 0 aliphatic heterocycles. The molecule has 0 heterocycles. The van der Waals surface area contributed by atoms with Gasteiger partial charge in [0.25, 0.3) is 0 Å². The molecule has 190 valence electrons. The monoisotopic (exact) mass is 532 g/mol. The fraction of sp³-hybridized carbons (Fsp3) is 0.333. The Kier molecular flexibility index (Phi) is 9.45. The number of benzene rings is 2. The normalized spacial score (nSPS) is 13.9. The van der Waals surface area contributed by atoms with Gasteiger partial charge in [-0.05, 0) is 41.8 Å². The molecule has 2 rings (SSSR count). The predicted molar refractivity (Wildman–Crippen MR) is 128 cm³/mol. The van der Waals surface area contributed by atoms with Crippen molar-refractivity contribution in [1.29, 1.82) is 0 Å². The third-order valence-corrected chi connectivity index (χ3v) is 6.31. The van der Waals surface area contributed by atoms with E-state index in [1.54, 1.807) is 30.3 Å². The maximum Gasteiger partial charge on any atom is 0.405 e. The second-order valence-electron chi connectivity index (χ2n) is 7.98. The number of likely N-dealkylation sites (N-methyl/N-ethyl adjacent to an activating group) is 1. The van der Waals surface area contributed by atoms with Crippen LogP contribution in [0, 0.1) is 0 Å². The van der Waals surface area contributed by atoms with Crippen LogP contribution >= 0.6 is 23.2 Å². The predicted octanol–water partition coefficient (Wildman–Crippen LogP) is 6.24. The van der Waals surface area contributed by atoms with Gasteiger partial charge in [0.15, 0.2) is 0 Å². The summed E-state index contributed by atoms with van der Waals surface area (Å²) in [6, 6.07) is 10.1. The largest absolute Gasteiger partial charge is 0.497 e. The summed E-state index contributed by atoms with van der Waals surface area (Å²) in [7, 11) is 2.70. The quantitative estimate of drug-likeness (QED) is 0.355. The van der Waals surface area contributed by atoms with E-state index in [-0.39, 0.29) is 23.0 Å². The fourth-order valence-corrected chi connectivity index (χ4v) is 4.29. The average Bonchev–Trinajstić information content (AvgIpc) is 2.77. The first kappa shape index (κ1) is 28.3. The Morgan fingerprint density at radius 2 is 1.80 bits per heavy atom. The summed E-state index contributed by atoms with van der Waals surface area (Å²) < 4.78 is 44.0. The Morgan fingerprint density at radius 3 is 2.29 bits per heavy atom. The summed E-state index contributed by atoms with van der Waals surface area (Å²) in [5.74, 6) is -0.654. The highest BCUT2D eigenvalue weighted by Gasteiger charge is 2.44. The number of hydrogen-bond donors (Lipinski definition) is 2. The number of carbonyl (C=O) groups is 2. The molecule has 0 aliphatic rings. The molecule has 0 spiro atoms. The second-order valence-corrected chi connectivity index (χ2v) is 8.79. The molecule has 0 saturated carbocycles. The Labute approximate surface area is 211 Å². The van der Waals surface area contributed by atoms with Crippen LogP contribution < -0.4 is 10.1 Å². The molecule has 0 aromatic heterocycles. The first-order valence-corrected chi connectivity index (χ1v) is 11.1. The van der Waals surface area contributed by atoms with E-state index in [1.807, 2.05) is 0 Å². The minimum atomic E-state index is -4.70. The Bertz CT molecular complexity index is 1060. The molecule has 1 unspecified atom stereocenters. The summed E-state index contributed by atoms with van der Waals surface area (Å²) in [5, 5.41) is 12.5.